The molecule has 6 N–H and O–H groups in total. The Bertz CT molecular complexity index is 807. The van der Waals surface area contributed by atoms with E-state index in [2.05, 4.69) is 20.8 Å². The van der Waals surface area contributed by atoms with Gasteiger partial charge in [-0.2, -0.15) is 0 Å². The third-order valence-electron chi connectivity index (χ3n) is 14.0. The summed E-state index contributed by atoms with van der Waals surface area (Å²) in [4.78, 5) is 0. The summed E-state index contributed by atoms with van der Waals surface area (Å²) >= 11 is 0. The maximum atomic E-state index is 12.5. The van der Waals surface area contributed by atoms with Crippen molar-refractivity contribution in [3.05, 3.63) is 0 Å². The Morgan fingerprint density at radius 3 is 0.717 bits per heavy atom. The van der Waals surface area contributed by atoms with Gasteiger partial charge in [0.1, 0.15) is 23.9 Å². The molecule has 4 atom stereocenters. The van der Waals surface area contributed by atoms with Crippen molar-refractivity contribution in [2.24, 2.45) is 0 Å². The normalized spacial score (nSPS) is 14.8. The minimum Gasteiger partial charge on any atom is -0.394 e. The molecule has 0 heterocycles. The number of hydrogen-bond acceptors (Lipinski definition) is 6. The number of aliphatic hydroxyl groups is 6. The summed E-state index contributed by atoms with van der Waals surface area (Å²) in [6, 6.07) is 0. The van der Waals surface area contributed by atoms with Crippen LogP contribution in [-0.2, 0) is 0 Å². The van der Waals surface area contributed by atoms with Gasteiger partial charge in [-0.15, -0.1) is 0 Å². The van der Waals surface area contributed by atoms with E-state index in [9.17, 15) is 30.6 Å². The molecule has 0 rings (SSSR count). The summed E-state index contributed by atoms with van der Waals surface area (Å²) in [5.74, 6) is 0. The predicted octanol–water partition coefficient (Wildman–Crippen LogP) is 15.1. The van der Waals surface area contributed by atoms with E-state index in [0.717, 1.165) is 57.8 Å². The molecule has 0 spiro atoms. The average molecular weight is 855 g/mol. The first kappa shape index (κ1) is 59.8. The van der Waals surface area contributed by atoms with Crippen LogP contribution in [0.2, 0.25) is 0 Å². The molecule has 6 nitrogen and oxygen atoms in total. The Morgan fingerprint density at radius 2 is 0.500 bits per heavy atom. The van der Waals surface area contributed by atoms with Crippen LogP contribution in [0.3, 0.4) is 0 Å². The topological polar surface area (TPSA) is 121 Å². The minimum absolute atomic E-state index is 0.162. The van der Waals surface area contributed by atoms with E-state index in [1.54, 1.807) is 0 Å². The van der Waals surface area contributed by atoms with Crippen molar-refractivity contribution in [1.82, 2.24) is 0 Å². The van der Waals surface area contributed by atoms with E-state index < -0.39 is 36.1 Å². The fourth-order valence-electron chi connectivity index (χ4n) is 9.63. The molecule has 0 bridgehead atoms. The summed E-state index contributed by atoms with van der Waals surface area (Å²) in [6.45, 7) is 6.09. The fourth-order valence-corrected chi connectivity index (χ4v) is 9.63. The van der Waals surface area contributed by atoms with Crippen molar-refractivity contribution in [1.29, 1.82) is 0 Å². The van der Waals surface area contributed by atoms with Crippen LogP contribution >= 0.6 is 0 Å². The van der Waals surface area contributed by atoms with Gasteiger partial charge in [-0.1, -0.05) is 290 Å². The quantitative estimate of drug-likeness (QED) is 0.0339. The molecule has 0 aromatic carbocycles. The van der Waals surface area contributed by atoms with Crippen LogP contribution in [0.25, 0.3) is 0 Å². The molecule has 60 heavy (non-hydrogen) atoms. The van der Waals surface area contributed by atoms with Gasteiger partial charge in [0.25, 0.3) is 0 Å². The van der Waals surface area contributed by atoms with Crippen molar-refractivity contribution in [2.45, 2.75) is 339 Å². The minimum atomic E-state index is -1.98. The lowest BCUT2D eigenvalue weighted by molar-refractivity contribution is -0.243. The van der Waals surface area contributed by atoms with Crippen molar-refractivity contribution < 1.29 is 30.6 Å². The molecule has 0 aromatic rings. The van der Waals surface area contributed by atoms with Gasteiger partial charge in [0.05, 0.1) is 12.2 Å². The zero-order valence-corrected chi connectivity index (χ0v) is 40.9. The standard InChI is InChI=1S/C54H110O6/c1-4-7-10-13-16-19-22-25-28-31-34-37-40-43-46-53(59,47-44-41-38-35-32-29-26-23-20-17-14-11-8-5-2)54(60,52(58)51(57)50(56)49-55)48-45-42-39-36-33-30-27-24-21-18-15-12-9-6-3/h50-52,55-60H,4-49H2,1-3H3/t50-,51-,52+,54-/m1/s1. The highest BCUT2D eigenvalue weighted by molar-refractivity contribution is 5.07. The number of unbranched alkanes of at least 4 members (excludes halogenated alkanes) is 39. The van der Waals surface area contributed by atoms with Gasteiger partial charge in [0.2, 0.25) is 0 Å². The Kier molecular flexibility index (Phi) is 43.8. The summed E-state index contributed by atoms with van der Waals surface area (Å²) in [5, 5.41) is 67.6. The third-order valence-corrected chi connectivity index (χ3v) is 14.0. The predicted molar refractivity (Wildman–Crippen MR) is 260 cm³/mol. The van der Waals surface area contributed by atoms with Gasteiger partial charge in [-0.25, -0.2) is 0 Å². The smallest absolute Gasteiger partial charge is 0.122 e. The summed E-state index contributed by atoms with van der Waals surface area (Å²) in [7, 11) is 0. The maximum absolute atomic E-state index is 12.5. The fraction of sp³-hybridized carbons (Fsp3) is 1.00. The molecule has 0 saturated carbocycles. The van der Waals surface area contributed by atoms with Crippen molar-refractivity contribution in [3.8, 4) is 0 Å². The molecule has 0 saturated heterocycles. The van der Waals surface area contributed by atoms with Gasteiger partial charge >= 0.3 is 0 Å². The number of hydrogen-bond donors (Lipinski definition) is 6. The highest BCUT2D eigenvalue weighted by Gasteiger charge is 2.55. The molecule has 0 aromatic heterocycles. The van der Waals surface area contributed by atoms with Gasteiger partial charge in [-0.05, 0) is 19.3 Å². The molecular weight excluding hydrogens is 745 g/mol. The second-order valence-corrected chi connectivity index (χ2v) is 19.7. The molecule has 0 aliphatic rings. The van der Waals surface area contributed by atoms with Gasteiger partial charge in [0.15, 0.2) is 0 Å². The van der Waals surface area contributed by atoms with Gasteiger partial charge < -0.3 is 30.6 Å². The highest BCUT2D eigenvalue weighted by atomic mass is 16.4. The molecule has 0 fully saturated rings. The van der Waals surface area contributed by atoms with Crippen LogP contribution in [0.5, 0.6) is 0 Å². The van der Waals surface area contributed by atoms with E-state index >= 15 is 0 Å². The van der Waals surface area contributed by atoms with Gasteiger partial charge in [0, 0.05) is 0 Å². The van der Waals surface area contributed by atoms with Crippen LogP contribution in [0, 0.1) is 0 Å². The van der Waals surface area contributed by atoms with Crippen LogP contribution < -0.4 is 0 Å². The van der Waals surface area contributed by atoms with Crippen LogP contribution in [-0.4, -0.2) is 66.8 Å². The lowest BCUT2D eigenvalue weighted by Gasteiger charge is -2.48. The number of rotatable bonds is 50. The molecular formula is C54H110O6. The van der Waals surface area contributed by atoms with Crippen LogP contribution in [0.1, 0.15) is 310 Å². The first-order valence-corrected chi connectivity index (χ1v) is 27.3. The van der Waals surface area contributed by atoms with Crippen molar-refractivity contribution in [2.75, 3.05) is 6.61 Å². The molecule has 6 heteroatoms. The summed E-state index contributed by atoms with van der Waals surface area (Å²) in [6.07, 6.45) is 47.4. The van der Waals surface area contributed by atoms with Crippen LogP contribution in [0.4, 0.5) is 0 Å². The lowest BCUT2D eigenvalue weighted by atomic mass is 9.68. The Hall–Kier alpha value is -0.240. The van der Waals surface area contributed by atoms with E-state index in [1.165, 1.54) is 205 Å². The van der Waals surface area contributed by atoms with Gasteiger partial charge in [-0.3, -0.25) is 0 Å². The highest BCUT2D eigenvalue weighted by Crippen LogP contribution is 2.41. The monoisotopic (exact) mass is 855 g/mol. The van der Waals surface area contributed by atoms with Crippen LogP contribution in [0.15, 0.2) is 0 Å². The zero-order chi connectivity index (χ0) is 44.3. The Morgan fingerprint density at radius 1 is 0.300 bits per heavy atom. The molecule has 0 radical (unpaired) electrons. The average Bonchev–Trinajstić information content (AvgIpc) is 3.25. The van der Waals surface area contributed by atoms with E-state index in [-0.39, 0.29) is 6.42 Å². The SMILES string of the molecule is CCCCCCCCCCCCCCCCC(O)(CCCCCCCCCCCCCCCC)[C@@](O)(CCCCCCCCCCCCCCCC)[C@@H](O)[C@H](O)[C@H](O)CO. The molecule has 0 aliphatic carbocycles. The zero-order valence-electron chi connectivity index (χ0n) is 40.9. The summed E-state index contributed by atoms with van der Waals surface area (Å²) < 4.78 is 0. The van der Waals surface area contributed by atoms with E-state index in [1.807, 2.05) is 0 Å². The Labute approximate surface area is 375 Å². The first-order valence-electron chi connectivity index (χ1n) is 27.3. The number of aliphatic hydroxyl groups excluding tert-OH is 4. The molecule has 0 aliphatic heterocycles. The van der Waals surface area contributed by atoms with Crippen molar-refractivity contribution in [3.63, 3.8) is 0 Å². The second-order valence-electron chi connectivity index (χ2n) is 19.7. The van der Waals surface area contributed by atoms with Crippen molar-refractivity contribution >= 4 is 0 Å². The lowest BCUT2D eigenvalue weighted by Crippen LogP contribution is -2.65. The first-order chi connectivity index (χ1) is 29.2. The second kappa shape index (κ2) is 44.0. The Balaban J connectivity index is 5.15. The largest absolute Gasteiger partial charge is 0.394 e. The molecule has 362 valence electrons. The van der Waals surface area contributed by atoms with E-state index in [0.29, 0.717) is 19.3 Å². The summed E-state index contributed by atoms with van der Waals surface area (Å²) in [5.41, 5.74) is -3.57. The molecule has 0 unspecified atom stereocenters. The maximum Gasteiger partial charge on any atom is 0.122 e. The third kappa shape index (κ3) is 32.4. The molecule has 0 amide bonds. The van der Waals surface area contributed by atoms with E-state index in [4.69, 9.17) is 0 Å².